The van der Waals surface area contributed by atoms with Crippen LogP contribution in [-0.2, 0) is 6.42 Å². The van der Waals surface area contributed by atoms with Gasteiger partial charge in [0.1, 0.15) is 0 Å². The molecule has 1 aromatic heterocycles. The number of aromatic nitrogens is 1. The lowest BCUT2D eigenvalue weighted by Crippen LogP contribution is -2.41. The first-order valence-corrected chi connectivity index (χ1v) is 8.07. The molecular formula is C19H28N2. The smallest absolute Gasteiger partial charge is 0.0346 e. The summed E-state index contributed by atoms with van der Waals surface area (Å²) in [5.74, 6) is 0. The predicted molar refractivity (Wildman–Crippen MR) is 91.6 cm³/mol. The summed E-state index contributed by atoms with van der Waals surface area (Å²) < 4.78 is 0. The van der Waals surface area contributed by atoms with E-state index < -0.39 is 0 Å². The minimum atomic E-state index is 0.285. The first kappa shape index (κ1) is 16.0. The zero-order chi connectivity index (χ0) is 15.3. The molecule has 0 aliphatic carbocycles. The number of pyridine rings is 1. The Labute approximate surface area is 129 Å². The van der Waals surface area contributed by atoms with Crippen LogP contribution >= 0.6 is 0 Å². The van der Waals surface area contributed by atoms with Gasteiger partial charge in [0, 0.05) is 23.8 Å². The minimum Gasteiger partial charge on any atom is -0.313 e. The van der Waals surface area contributed by atoms with Crippen molar-refractivity contribution >= 4 is 10.8 Å². The predicted octanol–water partition coefficient (Wildman–Crippen LogP) is 4.58. The summed E-state index contributed by atoms with van der Waals surface area (Å²) in [6.45, 7) is 10.3. The van der Waals surface area contributed by atoms with Crippen LogP contribution in [0.15, 0.2) is 36.7 Å². The third-order valence-electron chi connectivity index (χ3n) is 4.14. The second-order valence-corrected chi connectivity index (χ2v) is 6.93. The Balaban J connectivity index is 2.12. The van der Waals surface area contributed by atoms with Crippen LogP contribution < -0.4 is 5.32 Å². The van der Waals surface area contributed by atoms with Crippen molar-refractivity contribution in [1.82, 2.24) is 10.3 Å². The number of hydrogen-bond acceptors (Lipinski definition) is 2. The molecule has 2 heteroatoms. The minimum absolute atomic E-state index is 0.285. The lowest BCUT2D eigenvalue weighted by Gasteiger charge is -2.32. The summed E-state index contributed by atoms with van der Waals surface area (Å²) in [7, 11) is 0. The van der Waals surface area contributed by atoms with Crippen molar-refractivity contribution in [3.05, 3.63) is 42.2 Å². The van der Waals surface area contributed by atoms with Gasteiger partial charge in [-0.1, -0.05) is 52.0 Å². The van der Waals surface area contributed by atoms with Gasteiger partial charge in [0.25, 0.3) is 0 Å². The molecule has 1 N–H and O–H groups in total. The zero-order valence-electron chi connectivity index (χ0n) is 13.8. The summed E-state index contributed by atoms with van der Waals surface area (Å²) in [4.78, 5) is 4.39. The van der Waals surface area contributed by atoms with E-state index in [4.69, 9.17) is 0 Å². The van der Waals surface area contributed by atoms with E-state index in [1.54, 1.807) is 0 Å². The maximum atomic E-state index is 4.39. The van der Waals surface area contributed by atoms with Crippen molar-refractivity contribution in [2.45, 2.75) is 53.0 Å². The SMILES string of the molecule is CCCNC(CCc1cncc2ccccc12)C(C)(C)C. The molecule has 2 rings (SSSR count). The monoisotopic (exact) mass is 284 g/mol. The van der Waals surface area contributed by atoms with Crippen LogP contribution in [-0.4, -0.2) is 17.6 Å². The van der Waals surface area contributed by atoms with E-state index in [0.29, 0.717) is 6.04 Å². The summed E-state index contributed by atoms with van der Waals surface area (Å²) in [6, 6.07) is 9.08. The van der Waals surface area contributed by atoms with Gasteiger partial charge in [0.2, 0.25) is 0 Å². The largest absolute Gasteiger partial charge is 0.313 e. The topological polar surface area (TPSA) is 24.9 Å². The van der Waals surface area contributed by atoms with Gasteiger partial charge in [-0.3, -0.25) is 4.98 Å². The summed E-state index contributed by atoms with van der Waals surface area (Å²) >= 11 is 0. The number of nitrogens with zero attached hydrogens (tertiary/aromatic N) is 1. The first-order valence-electron chi connectivity index (χ1n) is 8.07. The molecule has 114 valence electrons. The normalized spacial score (nSPS) is 13.5. The molecule has 2 nitrogen and oxygen atoms in total. The fourth-order valence-electron chi connectivity index (χ4n) is 2.84. The second-order valence-electron chi connectivity index (χ2n) is 6.93. The summed E-state index contributed by atoms with van der Waals surface area (Å²) in [6.07, 6.45) is 7.39. The van der Waals surface area contributed by atoms with Gasteiger partial charge in [0.15, 0.2) is 0 Å². The fraction of sp³-hybridized carbons (Fsp3) is 0.526. The number of benzene rings is 1. The summed E-state index contributed by atoms with van der Waals surface area (Å²) in [5, 5.41) is 6.29. The van der Waals surface area contributed by atoms with E-state index >= 15 is 0 Å². The molecule has 0 radical (unpaired) electrons. The van der Waals surface area contributed by atoms with Gasteiger partial charge < -0.3 is 5.32 Å². The number of fused-ring (bicyclic) bond motifs is 1. The quantitative estimate of drug-likeness (QED) is 0.839. The van der Waals surface area contributed by atoms with Crippen LogP contribution in [0.3, 0.4) is 0 Å². The van der Waals surface area contributed by atoms with Gasteiger partial charge in [-0.05, 0) is 42.2 Å². The lowest BCUT2D eigenvalue weighted by atomic mass is 9.83. The molecule has 0 aliphatic heterocycles. The fourth-order valence-corrected chi connectivity index (χ4v) is 2.84. The van der Waals surface area contributed by atoms with Crippen molar-refractivity contribution in [3.8, 4) is 0 Å². The van der Waals surface area contributed by atoms with Crippen LogP contribution in [0.2, 0.25) is 0 Å². The molecule has 1 atom stereocenters. The Kier molecular flexibility index (Phi) is 5.35. The maximum Gasteiger partial charge on any atom is 0.0346 e. The van der Waals surface area contributed by atoms with Gasteiger partial charge >= 0.3 is 0 Å². The Morgan fingerprint density at radius 1 is 1.14 bits per heavy atom. The Hall–Kier alpha value is -1.41. The number of rotatable bonds is 6. The third kappa shape index (κ3) is 4.28. The van der Waals surface area contributed by atoms with Crippen LogP contribution in [0.1, 0.15) is 46.1 Å². The highest BCUT2D eigenvalue weighted by Crippen LogP contribution is 2.25. The molecule has 0 fully saturated rings. The molecule has 0 saturated heterocycles. The van der Waals surface area contributed by atoms with Crippen molar-refractivity contribution in [3.63, 3.8) is 0 Å². The van der Waals surface area contributed by atoms with Crippen LogP contribution in [0, 0.1) is 5.41 Å². The van der Waals surface area contributed by atoms with Crippen molar-refractivity contribution in [1.29, 1.82) is 0 Å². The van der Waals surface area contributed by atoms with Crippen molar-refractivity contribution in [2.24, 2.45) is 5.41 Å². The lowest BCUT2D eigenvalue weighted by molar-refractivity contribution is 0.255. The van der Waals surface area contributed by atoms with E-state index in [1.807, 2.05) is 12.4 Å². The average Bonchev–Trinajstić information content (AvgIpc) is 2.46. The Bertz CT molecular complexity index is 564. The van der Waals surface area contributed by atoms with E-state index in [-0.39, 0.29) is 5.41 Å². The molecule has 21 heavy (non-hydrogen) atoms. The number of hydrogen-bond donors (Lipinski definition) is 1. The van der Waals surface area contributed by atoms with Gasteiger partial charge in [0.05, 0.1) is 0 Å². The van der Waals surface area contributed by atoms with E-state index in [0.717, 1.165) is 19.4 Å². The van der Waals surface area contributed by atoms with Crippen LogP contribution in [0.25, 0.3) is 10.8 Å². The van der Waals surface area contributed by atoms with Crippen LogP contribution in [0.5, 0.6) is 0 Å². The molecule has 1 aromatic carbocycles. The van der Waals surface area contributed by atoms with Gasteiger partial charge in [-0.15, -0.1) is 0 Å². The van der Waals surface area contributed by atoms with Crippen molar-refractivity contribution < 1.29 is 0 Å². The summed E-state index contributed by atoms with van der Waals surface area (Å²) in [5.41, 5.74) is 1.65. The van der Waals surface area contributed by atoms with Gasteiger partial charge in [-0.25, -0.2) is 0 Å². The molecule has 1 unspecified atom stereocenters. The highest BCUT2D eigenvalue weighted by molar-refractivity contribution is 5.84. The van der Waals surface area contributed by atoms with E-state index in [9.17, 15) is 0 Å². The molecule has 2 aromatic rings. The molecule has 0 spiro atoms. The van der Waals surface area contributed by atoms with E-state index in [1.165, 1.54) is 22.8 Å². The molecule has 1 heterocycles. The third-order valence-corrected chi connectivity index (χ3v) is 4.14. The standard InChI is InChI=1S/C19H28N2/c1-5-12-21-18(19(2,3)4)11-10-16-14-20-13-15-8-6-7-9-17(15)16/h6-9,13-14,18,21H,5,10-12H2,1-4H3. The highest BCUT2D eigenvalue weighted by atomic mass is 14.9. The Morgan fingerprint density at radius 2 is 1.90 bits per heavy atom. The molecular weight excluding hydrogens is 256 g/mol. The highest BCUT2D eigenvalue weighted by Gasteiger charge is 2.23. The van der Waals surface area contributed by atoms with Crippen molar-refractivity contribution in [2.75, 3.05) is 6.54 Å². The molecule has 0 bridgehead atoms. The zero-order valence-corrected chi connectivity index (χ0v) is 13.8. The molecule has 0 amide bonds. The first-order chi connectivity index (χ1) is 10.0. The van der Waals surface area contributed by atoms with E-state index in [2.05, 4.69) is 62.3 Å². The second kappa shape index (κ2) is 7.04. The molecule has 0 aliphatic rings. The van der Waals surface area contributed by atoms with Crippen LogP contribution in [0.4, 0.5) is 0 Å². The average molecular weight is 284 g/mol. The maximum absolute atomic E-state index is 4.39. The van der Waals surface area contributed by atoms with Gasteiger partial charge in [-0.2, -0.15) is 0 Å². The number of aryl methyl sites for hydroxylation is 1. The Morgan fingerprint density at radius 3 is 2.62 bits per heavy atom. The number of nitrogens with one attached hydrogen (secondary N) is 1. The molecule has 0 saturated carbocycles.